The Hall–Kier alpha value is -2.93. The standard InChI is InChI=1S/C20H23N5O2/c26-20(27)15-25-19(8-9-21-25)17-5-4-10-23(14-17)12-16-11-22-24(13-16)18-6-2-1-3-7-18/h1-3,6-9,11,13,17H,4-5,10,12,14-15H2,(H,26,27). The van der Waals surface area contributed by atoms with Crippen LogP contribution in [0.1, 0.15) is 30.0 Å². The number of aliphatic carboxylic acids is 1. The molecular weight excluding hydrogens is 342 g/mol. The van der Waals surface area contributed by atoms with Crippen LogP contribution in [0.3, 0.4) is 0 Å². The van der Waals surface area contributed by atoms with Crippen LogP contribution in [0.2, 0.25) is 0 Å². The first-order valence-corrected chi connectivity index (χ1v) is 9.24. The van der Waals surface area contributed by atoms with Crippen LogP contribution in [0.4, 0.5) is 0 Å². The molecule has 7 nitrogen and oxygen atoms in total. The van der Waals surface area contributed by atoms with E-state index < -0.39 is 5.97 Å². The zero-order valence-corrected chi connectivity index (χ0v) is 15.1. The molecule has 1 aromatic carbocycles. The summed E-state index contributed by atoms with van der Waals surface area (Å²) in [4.78, 5) is 13.5. The van der Waals surface area contributed by atoms with Crippen LogP contribution in [0.15, 0.2) is 55.0 Å². The minimum Gasteiger partial charge on any atom is -0.480 e. The summed E-state index contributed by atoms with van der Waals surface area (Å²) in [6.07, 6.45) is 7.85. The number of rotatable bonds is 6. The van der Waals surface area contributed by atoms with Crippen molar-refractivity contribution in [3.63, 3.8) is 0 Å². The number of likely N-dealkylation sites (tertiary alicyclic amines) is 1. The van der Waals surface area contributed by atoms with Crippen LogP contribution in [0.25, 0.3) is 5.69 Å². The lowest BCUT2D eigenvalue weighted by Crippen LogP contribution is -2.34. The molecule has 3 heterocycles. The topological polar surface area (TPSA) is 76.2 Å². The third-order valence-electron chi connectivity index (χ3n) is 5.02. The van der Waals surface area contributed by atoms with Crippen molar-refractivity contribution in [2.24, 2.45) is 0 Å². The summed E-state index contributed by atoms with van der Waals surface area (Å²) in [6, 6.07) is 12.0. The summed E-state index contributed by atoms with van der Waals surface area (Å²) in [5.74, 6) is -0.550. The number of nitrogens with zero attached hydrogens (tertiary/aromatic N) is 5. The highest BCUT2D eigenvalue weighted by Crippen LogP contribution is 2.27. The van der Waals surface area contributed by atoms with Crippen molar-refractivity contribution in [2.75, 3.05) is 13.1 Å². The largest absolute Gasteiger partial charge is 0.480 e. The molecule has 4 rings (SSSR count). The number of para-hydroxylation sites is 1. The number of benzene rings is 1. The van der Waals surface area contributed by atoms with Crippen molar-refractivity contribution < 1.29 is 9.90 Å². The maximum absolute atomic E-state index is 11.0. The van der Waals surface area contributed by atoms with Crippen LogP contribution in [0.5, 0.6) is 0 Å². The van der Waals surface area contributed by atoms with Gasteiger partial charge in [-0.1, -0.05) is 18.2 Å². The first kappa shape index (κ1) is 17.5. The Balaban J connectivity index is 1.43. The summed E-state index contributed by atoms with van der Waals surface area (Å²) in [6.45, 7) is 2.71. The Morgan fingerprint density at radius 3 is 2.85 bits per heavy atom. The molecule has 0 saturated carbocycles. The van der Waals surface area contributed by atoms with Gasteiger partial charge in [-0.2, -0.15) is 10.2 Å². The summed E-state index contributed by atoms with van der Waals surface area (Å²) in [7, 11) is 0. The van der Waals surface area contributed by atoms with Crippen LogP contribution >= 0.6 is 0 Å². The Morgan fingerprint density at radius 1 is 1.19 bits per heavy atom. The fourth-order valence-electron chi connectivity index (χ4n) is 3.81. The van der Waals surface area contributed by atoms with Crippen molar-refractivity contribution in [2.45, 2.75) is 31.8 Å². The average molecular weight is 365 g/mol. The number of hydrogen-bond acceptors (Lipinski definition) is 4. The van der Waals surface area contributed by atoms with E-state index in [4.69, 9.17) is 5.11 Å². The fourth-order valence-corrected chi connectivity index (χ4v) is 3.81. The molecule has 7 heteroatoms. The van der Waals surface area contributed by atoms with Gasteiger partial charge in [-0.25, -0.2) is 4.68 Å². The minimum absolute atomic E-state index is 0.0807. The molecule has 0 bridgehead atoms. The second-order valence-electron chi connectivity index (χ2n) is 7.01. The molecule has 1 aliphatic rings. The van der Waals surface area contributed by atoms with E-state index in [1.165, 1.54) is 5.56 Å². The smallest absolute Gasteiger partial charge is 0.325 e. The molecule has 0 radical (unpaired) electrons. The van der Waals surface area contributed by atoms with Crippen LogP contribution in [0, 0.1) is 0 Å². The van der Waals surface area contributed by atoms with Crippen molar-refractivity contribution in [3.8, 4) is 5.69 Å². The summed E-state index contributed by atoms with van der Waals surface area (Å²) >= 11 is 0. The van der Waals surface area contributed by atoms with E-state index in [2.05, 4.69) is 21.3 Å². The summed E-state index contributed by atoms with van der Waals surface area (Å²) in [5, 5.41) is 17.7. The Morgan fingerprint density at radius 2 is 2.04 bits per heavy atom. The number of carboxylic acid groups (broad SMARTS) is 1. The van der Waals surface area contributed by atoms with Crippen LogP contribution < -0.4 is 0 Å². The van der Waals surface area contributed by atoms with Crippen molar-refractivity contribution in [3.05, 3.63) is 66.2 Å². The monoisotopic (exact) mass is 365 g/mol. The minimum atomic E-state index is -0.860. The van der Waals surface area contributed by atoms with E-state index in [9.17, 15) is 4.79 Å². The maximum atomic E-state index is 11.0. The van der Waals surface area contributed by atoms with Crippen molar-refractivity contribution >= 4 is 5.97 Å². The Bertz CT molecular complexity index is 902. The number of carboxylic acids is 1. The molecule has 2 aromatic heterocycles. The molecule has 1 N–H and O–H groups in total. The quantitative estimate of drug-likeness (QED) is 0.726. The predicted octanol–water partition coefficient (Wildman–Crippen LogP) is 2.53. The Kier molecular flexibility index (Phi) is 5.02. The second kappa shape index (κ2) is 7.75. The van der Waals surface area contributed by atoms with Crippen LogP contribution in [-0.2, 0) is 17.9 Å². The van der Waals surface area contributed by atoms with Crippen molar-refractivity contribution in [1.82, 2.24) is 24.5 Å². The van der Waals surface area contributed by atoms with Gasteiger partial charge >= 0.3 is 5.97 Å². The van der Waals surface area contributed by atoms with Gasteiger partial charge in [0.2, 0.25) is 0 Å². The van der Waals surface area contributed by atoms with Gasteiger partial charge in [0.1, 0.15) is 6.54 Å². The molecular formula is C20H23N5O2. The SMILES string of the molecule is O=C(O)Cn1nccc1C1CCCN(Cc2cnn(-c3ccccc3)c2)C1. The molecule has 0 aliphatic carbocycles. The second-order valence-corrected chi connectivity index (χ2v) is 7.01. The van der Waals surface area contributed by atoms with E-state index in [-0.39, 0.29) is 6.54 Å². The highest BCUT2D eigenvalue weighted by Gasteiger charge is 2.24. The van der Waals surface area contributed by atoms with E-state index in [0.717, 1.165) is 43.9 Å². The third kappa shape index (κ3) is 4.09. The summed E-state index contributed by atoms with van der Waals surface area (Å²) < 4.78 is 3.52. The van der Waals surface area contributed by atoms with E-state index in [1.54, 1.807) is 10.9 Å². The van der Waals surface area contributed by atoms with Crippen LogP contribution in [-0.4, -0.2) is 48.6 Å². The number of aromatic nitrogens is 4. The molecule has 0 spiro atoms. The molecule has 1 saturated heterocycles. The van der Waals surface area contributed by atoms with Gasteiger partial charge in [0.15, 0.2) is 0 Å². The molecule has 140 valence electrons. The molecule has 3 aromatic rings. The van der Waals surface area contributed by atoms with E-state index >= 15 is 0 Å². The van der Waals surface area contributed by atoms with Gasteiger partial charge in [0, 0.05) is 42.7 Å². The number of piperidine rings is 1. The molecule has 1 aliphatic heterocycles. The lowest BCUT2D eigenvalue weighted by atomic mass is 9.94. The van der Waals surface area contributed by atoms with Gasteiger partial charge in [0.25, 0.3) is 0 Å². The molecule has 27 heavy (non-hydrogen) atoms. The van der Waals surface area contributed by atoms with Gasteiger partial charge in [-0.15, -0.1) is 0 Å². The molecule has 1 atom stereocenters. The molecule has 0 amide bonds. The normalized spacial score (nSPS) is 17.9. The lowest BCUT2D eigenvalue weighted by molar-refractivity contribution is -0.137. The zero-order valence-electron chi connectivity index (χ0n) is 15.1. The first-order chi connectivity index (χ1) is 13.2. The zero-order chi connectivity index (χ0) is 18.6. The molecule has 1 unspecified atom stereocenters. The van der Waals surface area contributed by atoms with E-state index in [0.29, 0.717) is 5.92 Å². The predicted molar refractivity (Wildman–Crippen MR) is 101 cm³/mol. The maximum Gasteiger partial charge on any atom is 0.325 e. The molecule has 1 fully saturated rings. The average Bonchev–Trinajstić information content (AvgIpc) is 3.32. The van der Waals surface area contributed by atoms with Gasteiger partial charge < -0.3 is 5.11 Å². The van der Waals surface area contributed by atoms with Gasteiger partial charge in [-0.05, 0) is 37.6 Å². The lowest BCUT2D eigenvalue weighted by Gasteiger charge is -2.32. The summed E-state index contributed by atoms with van der Waals surface area (Å²) in [5.41, 5.74) is 3.25. The van der Waals surface area contributed by atoms with E-state index in [1.807, 2.05) is 47.3 Å². The fraction of sp³-hybridized carbons (Fsp3) is 0.350. The Labute approximate surface area is 157 Å². The number of carbonyl (C=O) groups is 1. The highest BCUT2D eigenvalue weighted by atomic mass is 16.4. The number of hydrogen-bond donors (Lipinski definition) is 1. The van der Waals surface area contributed by atoms with Gasteiger partial charge in [-0.3, -0.25) is 14.4 Å². The third-order valence-corrected chi connectivity index (χ3v) is 5.02. The van der Waals surface area contributed by atoms with Crippen molar-refractivity contribution in [1.29, 1.82) is 0 Å². The van der Waals surface area contributed by atoms with Gasteiger partial charge in [0.05, 0.1) is 11.9 Å². The first-order valence-electron chi connectivity index (χ1n) is 9.24. The highest BCUT2D eigenvalue weighted by molar-refractivity contribution is 5.66.